The van der Waals surface area contributed by atoms with Crippen LogP contribution in [0, 0.1) is 0 Å². The van der Waals surface area contributed by atoms with Gasteiger partial charge in [-0.3, -0.25) is 14.5 Å². The number of carboxylic acids is 1. The van der Waals surface area contributed by atoms with Crippen LogP contribution in [-0.4, -0.2) is 61.3 Å². The fourth-order valence-corrected chi connectivity index (χ4v) is 2.04. The van der Waals surface area contributed by atoms with Gasteiger partial charge in [-0.2, -0.15) is 0 Å². The third kappa shape index (κ3) is 5.14. The number of aliphatic carboxylic acids is 1. The molecule has 1 atom stereocenters. The van der Waals surface area contributed by atoms with Crippen LogP contribution in [0.15, 0.2) is 0 Å². The minimum Gasteiger partial charge on any atom is -0.480 e. The van der Waals surface area contributed by atoms with Crippen molar-refractivity contribution >= 4 is 11.9 Å². The van der Waals surface area contributed by atoms with Crippen molar-refractivity contribution in [3.05, 3.63) is 0 Å². The number of ether oxygens (including phenoxy) is 1. The molecule has 6 nitrogen and oxygen atoms in total. The summed E-state index contributed by atoms with van der Waals surface area (Å²) in [5, 5.41) is 11.7. The molecule has 6 heteroatoms. The van der Waals surface area contributed by atoms with Crippen LogP contribution in [0.4, 0.5) is 0 Å². The summed E-state index contributed by atoms with van der Waals surface area (Å²) in [6, 6.07) is 0.00347. The molecule has 1 aliphatic rings. The maximum absolute atomic E-state index is 11.4. The Morgan fingerprint density at radius 2 is 2.41 bits per heavy atom. The second-order valence-electron chi connectivity index (χ2n) is 4.21. The van der Waals surface area contributed by atoms with Crippen molar-refractivity contribution in [1.82, 2.24) is 10.2 Å². The maximum atomic E-state index is 11.4. The summed E-state index contributed by atoms with van der Waals surface area (Å²) in [7, 11) is 1.58. The highest BCUT2D eigenvalue weighted by Gasteiger charge is 2.24. The van der Waals surface area contributed by atoms with Gasteiger partial charge in [0.1, 0.15) is 0 Å². The summed E-state index contributed by atoms with van der Waals surface area (Å²) >= 11 is 0. The maximum Gasteiger partial charge on any atom is 0.317 e. The molecule has 0 aromatic heterocycles. The lowest BCUT2D eigenvalue weighted by atomic mass is 10.1. The number of hydrogen-bond donors (Lipinski definition) is 2. The average Bonchev–Trinajstić information content (AvgIpc) is 2.48. The zero-order chi connectivity index (χ0) is 12.7. The van der Waals surface area contributed by atoms with Gasteiger partial charge >= 0.3 is 5.97 Å². The normalized spacial score (nSPS) is 21.1. The molecule has 0 bridgehead atoms. The summed E-state index contributed by atoms with van der Waals surface area (Å²) in [5.41, 5.74) is 0. The first-order chi connectivity index (χ1) is 8.13. The monoisotopic (exact) mass is 244 g/mol. The Labute approximate surface area is 101 Å². The van der Waals surface area contributed by atoms with E-state index in [2.05, 4.69) is 5.32 Å². The first kappa shape index (κ1) is 13.9. The summed E-state index contributed by atoms with van der Waals surface area (Å²) in [4.78, 5) is 24.1. The predicted octanol–water partition coefficient (Wildman–Crippen LogP) is -0.312. The van der Waals surface area contributed by atoms with Gasteiger partial charge in [-0.15, -0.1) is 0 Å². The van der Waals surface area contributed by atoms with Gasteiger partial charge in [-0.1, -0.05) is 0 Å². The van der Waals surface area contributed by atoms with Gasteiger partial charge in [0.15, 0.2) is 0 Å². The van der Waals surface area contributed by atoms with Crippen LogP contribution >= 0.6 is 0 Å². The number of methoxy groups -OCH3 is 1. The van der Waals surface area contributed by atoms with E-state index in [4.69, 9.17) is 9.84 Å². The van der Waals surface area contributed by atoms with Gasteiger partial charge in [-0.25, -0.2) is 0 Å². The van der Waals surface area contributed by atoms with Crippen LogP contribution < -0.4 is 5.32 Å². The van der Waals surface area contributed by atoms with E-state index in [0.29, 0.717) is 26.1 Å². The Kier molecular flexibility index (Phi) is 5.93. The minimum absolute atomic E-state index is 0.000283. The lowest BCUT2D eigenvalue weighted by molar-refractivity contribution is -0.139. The molecule has 1 amide bonds. The van der Waals surface area contributed by atoms with E-state index in [-0.39, 0.29) is 18.5 Å². The zero-order valence-corrected chi connectivity index (χ0v) is 10.1. The molecule has 0 saturated carbocycles. The van der Waals surface area contributed by atoms with Crippen LogP contribution in [0.1, 0.15) is 19.3 Å². The lowest BCUT2D eigenvalue weighted by Crippen LogP contribution is -2.42. The number of carbonyl (C=O) groups excluding carboxylic acids is 1. The predicted molar refractivity (Wildman–Crippen MR) is 61.7 cm³/mol. The van der Waals surface area contributed by atoms with E-state index in [0.717, 1.165) is 12.8 Å². The molecule has 98 valence electrons. The van der Waals surface area contributed by atoms with Crippen molar-refractivity contribution in [3.8, 4) is 0 Å². The molecular weight excluding hydrogens is 224 g/mol. The van der Waals surface area contributed by atoms with Crippen LogP contribution in [0.2, 0.25) is 0 Å². The van der Waals surface area contributed by atoms with Gasteiger partial charge in [0.2, 0.25) is 5.91 Å². The summed E-state index contributed by atoms with van der Waals surface area (Å²) < 4.78 is 4.97. The van der Waals surface area contributed by atoms with E-state index in [1.54, 1.807) is 7.11 Å². The molecule has 17 heavy (non-hydrogen) atoms. The number of rotatable bonds is 6. The Hall–Kier alpha value is -1.14. The molecular formula is C11H20N2O4. The highest BCUT2D eigenvalue weighted by atomic mass is 16.5. The summed E-state index contributed by atoms with van der Waals surface area (Å²) in [6.07, 6.45) is 2.10. The molecule has 0 aromatic rings. The SMILES string of the molecule is COCCN(CC(=O)O)C1CCCNC(=O)C1. The van der Waals surface area contributed by atoms with Gasteiger partial charge < -0.3 is 15.2 Å². The number of hydrogen-bond acceptors (Lipinski definition) is 4. The van der Waals surface area contributed by atoms with E-state index >= 15 is 0 Å². The topological polar surface area (TPSA) is 78.9 Å². The van der Waals surface area contributed by atoms with Crippen LogP contribution in [0.3, 0.4) is 0 Å². The first-order valence-corrected chi connectivity index (χ1v) is 5.85. The quantitative estimate of drug-likeness (QED) is 0.670. The number of carboxylic acid groups (broad SMARTS) is 1. The van der Waals surface area contributed by atoms with Crippen LogP contribution in [0.5, 0.6) is 0 Å². The Morgan fingerprint density at radius 1 is 1.65 bits per heavy atom. The highest BCUT2D eigenvalue weighted by Crippen LogP contribution is 2.13. The first-order valence-electron chi connectivity index (χ1n) is 5.85. The second kappa shape index (κ2) is 7.24. The molecule has 0 radical (unpaired) electrons. The van der Waals surface area contributed by atoms with Crippen molar-refractivity contribution in [2.24, 2.45) is 0 Å². The molecule has 1 fully saturated rings. The molecule has 1 saturated heterocycles. The Bertz CT molecular complexity index is 270. The standard InChI is InChI=1S/C11H20N2O4/c1-17-6-5-13(8-11(15)16)9-3-2-4-12-10(14)7-9/h9H,2-8H2,1H3,(H,12,14)(H,15,16). The molecule has 0 aliphatic carbocycles. The van der Waals surface area contributed by atoms with E-state index < -0.39 is 5.97 Å². The van der Waals surface area contributed by atoms with Gasteiger partial charge in [0, 0.05) is 32.7 Å². The smallest absolute Gasteiger partial charge is 0.317 e. The van der Waals surface area contributed by atoms with Crippen LogP contribution in [-0.2, 0) is 14.3 Å². The van der Waals surface area contributed by atoms with Crippen molar-refractivity contribution in [1.29, 1.82) is 0 Å². The molecule has 0 spiro atoms. The fraction of sp³-hybridized carbons (Fsp3) is 0.818. The largest absolute Gasteiger partial charge is 0.480 e. The molecule has 1 heterocycles. The Balaban J connectivity index is 2.58. The van der Waals surface area contributed by atoms with E-state index in [1.165, 1.54) is 0 Å². The highest BCUT2D eigenvalue weighted by molar-refractivity contribution is 5.77. The van der Waals surface area contributed by atoms with Gasteiger partial charge in [0.05, 0.1) is 13.2 Å². The minimum atomic E-state index is -0.870. The number of nitrogens with one attached hydrogen (secondary N) is 1. The molecule has 2 N–H and O–H groups in total. The van der Waals surface area contributed by atoms with E-state index in [9.17, 15) is 9.59 Å². The van der Waals surface area contributed by atoms with Gasteiger partial charge in [0.25, 0.3) is 0 Å². The van der Waals surface area contributed by atoms with Crippen molar-refractivity contribution < 1.29 is 19.4 Å². The number of carbonyl (C=O) groups is 2. The fourth-order valence-electron chi connectivity index (χ4n) is 2.04. The van der Waals surface area contributed by atoms with Crippen molar-refractivity contribution in [2.45, 2.75) is 25.3 Å². The third-order valence-electron chi connectivity index (χ3n) is 2.89. The lowest BCUT2D eigenvalue weighted by Gasteiger charge is -2.28. The van der Waals surface area contributed by atoms with Crippen LogP contribution in [0.25, 0.3) is 0 Å². The summed E-state index contributed by atoms with van der Waals surface area (Å²) in [5.74, 6) is -0.869. The summed E-state index contributed by atoms with van der Waals surface area (Å²) in [6.45, 7) is 1.66. The molecule has 0 aromatic carbocycles. The van der Waals surface area contributed by atoms with Crippen molar-refractivity contribution in [2.75, 3.05) is 33.4 Å². The Morgan fingerprint density at radius 3 is 3.06 bits per heavy atom. The third-order valence-corrected chi connectivity index (χ3v) is 2.89. The number of nitrogens with zero attached hydrogens (tertiary/aromatic N) is 1. The van der Waals surface area contributed by atoms with Crippen molar-refractivity contribution in [3.63, 3.8) is 0 Å². The van der Waals surface area contributed by atoms with E-state index in [1.807, 2.05) is 4.90 Å². The molecule has 1 unspecified atom stereocenters. The zero-order valence-electron chi connectivity index (χ0n) is 10.1. The molecule has 1 aliphatic heterocycles. The number of amides is 1. The second-order valence-corrected chi connectivity index (χ2v) is 4.21. The molecule has 1 rings (SSSR count). The van der Waals surface area contributed by atoms with Gasteiger partial charge in [-0.05, 0) is 12.8 Å². The average molecular weight is 244 g/mol.